The number of anilines is 3. The smallest absolute Gasteiger partial charge is 0.232 e. The van der Waals surface area contributed by atoms with Crippen LogP contribution in [0.25, 0.3) is 0 Å². The highest BCUT2D eigenvalue weighted by atomic mass is 16.5. The van der Waals surface area contributed by atoms with Gasteiger partial charge in [0, 0.05) is 32.4 Å². The average Bonchev–Trinajstić information content (AvgIpc) is 2.99. The lowest BCUT2D eigenvalue weighted by Gasteiger charge is -2.24. The van der Waals surface area contributed by atoms with Crippen LogP contribution < -0.4 is 21.3 Å². The van der Waals surface area contributed by atoms with Gasteiger partial charge in [0.1, 0.15) is 0 Å². The van der Waals surface area contributed by atoms with Gasteiger partial charge >= 0.3 is 0 Å². The minimum absolute atomic E-state index is 0.468. The third kappa shape index (κ3) is 9.93. The van der Waals surface area contributed by atoms with E-state index in [4.69, 9.17) is 25.2 Å². The molecule has 39 heavy (non-hydrogen) atoms. The summed E-state index contributed by atoms with van der Waals surface area (Å²) in [5, 5.41) is 6.58. The van der Waals surface area contributed by atoms with Crippen molar-refractivity contribution in [3.63, 3.8) is 0 Å². The first-order valence-corrected chi connectivity index (χ1v) is 13.1. The van der Waals surface area contributed by atoms with Crippen LogP contribution in [0.5, 0.6) is 0 Å². The topological polar surface area (TPSA) is 123 Å². The molecule has 2 aromatic heterocycles. The van der Waals surface area contributed by atoms with E-state index in [1.54, 1.807) is 6.20 Å². The summed E-state index contributed by atoms with van der Waals surface area (Å²) in [5.41, 5.74) is 8.65. The number of aromatic nitrogens is 4. The first-order valence-electron chi connectivity index (χ1n) is 13.1. The van der Waals surface area contributed by atoms with Crippen molar-refractivity contribution in [3.05, 3.63) is 102 Å². The number of nitrogens with one attached hydrogen (secondary N) is 2. The van der Waals surface area contributed by atoms with E-state index in [0.29, 0.717) is 77.0 Å². The van der Waals surface area contributed by atoms with E-state index in [0.717, 1.165) is 16.8 Å². The lowest BCUT2D eigenvalue weighted by molar-refractivity contribution is 0.0547. The molecule has 10 heteroatoms. The van der Waals surface area contributed by atoms with Gasteiger partial charge in [-0.1, -0.05) is 66.7 Å². The Hall–Kier alpha value is -4.12. The Labute approximate surface area is 229 Å². The van der Waals surface area contributed by atoms with Gasteiger partial charge in [0.25, 0.3) is 0 Å². The predicted molar refractivity (Wildman–Crippen MR) is 153 cm³/mol. The number of benzene rings is 2. The van der Waals surface area contributed by atoms with Gasteiger partial charge < -0.3 is 30.7 Å². The maximum absolute atomic E-state index is 5.64. The zero-order chi connectivity index (χ0) is 27.0. The molecule has 4 rings (SSSR count). The van der Waals surface area contributed by atoms with Gasteiger partial charge in [-0.15, -0.1) is 0 Å². The molecular formula is C29H36N8O2. The molecule has 0 fully saturated rings. The Morgan fingerprint density at radius 2 is 1.28 bits per heavy atom. The molecule has 0 atom stereocenters. The number of nitrogens with zero attached hydrogens (tertiary/aromatic N) is 5. The van der Waals surface area contributed by atoms with E-state index >= 15 is 0 Å². The van der Waals surface area contributed by atoms with Crippen LogP contribution in [0.2, 0.25) is 0 Å². The fourth-order valence-electron chi connectivity index (χ4n) is 3.78. The van der Waals surface area contributed by atoms with Crippen LogP contribution >= 0.6 is 0 Å². The van der Waals surface area contributed by atoms with Crippen LogP contribution in [-0.4, -0.2) is 59.5 Å². The fraction of sp³-hybridized carbons (Fsp3) is 0.310. The van der Waals surface area contributed by atoms with Crippen molar-refractivity contribution in [2.24, 2.45) is 5.73 Å². The Kier molecular flexibility index (Phi) is 11.4. The molecule has 2 heterocycles. The minimum atomic E-state index is 0.468. The van der Waals surface area contributed by atoms with E-state index < -0.39 is 0 Å². The molecule has 10 nitrogen and oxygen atoms in total. The van der Waals surface area contributed by atoms with Gasteiger partial charge in [-0.3, -0.25) is 4.98 Å². The largest absolute Gasteiger partial charge is 0.378 e. The van der Waals surface area contributed by atoms with Gasteiger partial charge in [-0.2, -0.15) is 15.0 Å². The van der Waals surface area contributed by atoms with Gasteiger partial charge in [0.05, 0.1) is 38.7 Å². The minimum Gasteiger partial charge on any atom is -0.378 e. The van der Waals surface area contributed by atoms with Crippen molar-refractivity contribution in [2.75, 3.05) is 55.1 Å². The first-order chi connectivity index (χ1) is 19.3. The van der Waals surface area contributed by atoms with Gasteiger partial charge in [0.15, 0.2) is 0 Å². The molecule has 4 N–H and O–H groups in total. The molecule has 0 saturated heterocycles. The second kappa shape index (κ2) is 16.0. The van der Waals surface area contributed by atoms with E-state index in [2.05, 4.69) is 49.8 Å². The number of hydrogen-bond donors (Lipinski definition) is 3. The zero-order valence-corrected chi connectivity index (χ0v) is 22.1. The monoisotopic (exact) mass is 528 g/mol. The van der Waals surface area contributed by atoms with Crippen LogP contribution in [0.1, 0.15) is 16.8 Å². The lowest BCUT2D eigenvalue weighted by atomic mass is 10.2. The Morgan fingerprint density at radius 1 is 0.667 bits per heavy atom. The fourth-order valence-corrected chi connectivity index (χ4v) is 3.78. The molecule has 0 spiro atoms. The Bertz CT molecular complexity index is 1170. The predicted octanol–water partition coefficient (Wildman–Crippen LogP) is 3.49. The third-order valence-corrected chi connectivity index (χ3v) is 5.66. The number of ether oxygens (including phenoxy) is 2. The van der Waals surface area contributed by atoms with Crippen LogP contribution in [-0.2, 0) is 29.1 Å². The molecule has 0 unspecified atom stereocenters. The summed E-state index contributed by atoms with van der Waals surface area (Å²) in [5.74, 6) is 1.51. The number of pyridine rings is 1. The first kappa shape index (κ1) is 27.9. The third-order valence-electron chi connectivity index (χ3n) is 5.66. The molecule has 0 radical (unpaired) electrons. The van der Waals surface area contributed by atoms with Crippen LogP contribution in [0.3, 0.4) is 0 Å². The Morgan fingerprint density at radius 3 is 1.90 bits per heavy atom. The summed E-state index contributed by atoms with van der Waals surface area (Å²) >= 11 is 0. The molecule has 0 aliphatic heterocycles. The van der Waals surface area contributed by atoms with Crippen molar-refractivity contribution in [1.82, 2.24) is 19.9 Å². The van der Waals surface area contributed by atoms with E-state index in [9.17, 15) is 0 Å². The van der Waals surface area contributed by atoms with E-state index in [-0.39, 0.29) is 0 Å². The average molecular weight is 529 g/mol. The molecule has 4 aromatic rings. The van der Waals surface area contributed by atoms with Crippen molar-refractivity contribution in [3.8, 4) is 0 Å². The SMILES string of the molecule is NCCOCCOCCNc1nc(NCc2ccccn2)nc(N(Cc2ccccc2)Cc2ccccc2)n1. The molecule has 204 valence electrons. The quantitative estimate of drug-likeness (QED) is 0.176. The lowest BCUT2D eigenvalue weighted by Crippen LogP contribution is -2.26. The number of rotatable bonds is 17. The maximum Gasteiger partial charge on any atom is 0.232 e. The highest BCUT2D eigenvalue weighted by Crippen LogP contribution is 2.20. The molecule has 0 amide bonds. The van der Waals surface area contributed by atoms with Gasteiger partial charge in [0.2, 0.25) is 17.8 Å². The summed E-state index contributed by atoms with van der Waals surface area (Å²) in [6, 6.07) is 26.4. The van der Waals surface area contributed by atoms with Gasteiger partial charge in [-0.25, -0.2) is 0 Å². The summed E-state index contributed by atoms with van der Waals surface area (Å²) in [7, 11) is 0. The maximum atomic E-state index is 5.64. The van der Waals surface area contributed by atoms with E-state index in [1.165, 1.54) is 0 Å². The number of hydrogen-bond acceptors (Lipinski definition) is 10. The second-order valence-corrected chi connectivity index (χ2v) is 8.72. The van der Waals surface area contributed by atoms with E-state index in [1.807, 2.05) is 54.6 Å². The van der Waals surface area contributed by atoms with Crippen LogP contribution in [0, 0.1) is 0 Å². The normalized spacial score (nSPS) is 10.8. The van der Waals surface area contributed by atoms with Crippen molar-refractivity contribution < 1.29 is 9.47 Å². The van der Waals surface area contributed by atoms with Crippen LogP contribution in [0.4, 0.5) is 17.8 Å². The molecule has 0 aliphatic rings. The Balaban J connectivity index is 1.51. The molecular weight excluding hydrogens is 492 g/mol. The second-order valence-electron chi connectivity index (χ2n) is 8.72. The van der Waals surface area contributed by atoms with Crippen molar-refractivity contribution in [2.45, 2.75) is 19.6 Å². The van der Waals surface area contributed by atoms with Crippen molar-refractivity contribution >= 4 is 17.8 Å². The van der Waals surface area contributed by atoms with Crippen LogP contribution in [0.15, 0.2) is 85.1 Å². The molecule has 0 aliphatic carbocycles. The summed E-state index contributed by atoms with van der Waals surface area (Å²) in [6.45, 7) is 4.87. The summed E-state index contributed by atoms with van der Waals surface area (Å²) in [6.07, 6.45) is 1.77. The highest BCUT2D eigenvalue weighted by molar-refractivity contribution is 5.45. The summed E-state index contributed by atoms with van der Waals surface area (Å²) in [4.78, 5) is 20.7. The van der Waals surface area contributed by atoms with Gasteiger partial charge in [-0.05, 0) is 23.3 Å². The standard InChI is InChI=1S/C29H36N8O2/c30-14-17-38-19-20-39-18-16-32-27-34-28(33-21-26-13-7-8-15-31-26)36-29(35-27)37(22-24-9-3-1-4-10-24)23-25-11-5-2-6-12-25/h1-13,15H,14,16-23,30H2,(H2,32,33,34,35,36). The zero-order valence-electron chi connectivity index (χ0n) is 22.1. The number of nitrogens with two attached hydrogens (primary N) is 1. The highest BCUT2D eigenvalue weighted by Gasteiger charge is 2.15. The summed E-state index contributed by atoms with van der Waals surface area (Å²) < 4.78 is 11.0. The molecule has 2 aromatic carbocycles. The molecule has 0 saturated carbocycles. The molecule has 0 bridgehead atoms. The van der Waals surface area contributed by atoms with Crippen molar-refractivity contribution in [1.29, 1.82) is 0 Å².